The highest BCUT2D eigenvalue weighted by atomic mass is 16.4. The summed E-state index contributed by atoms with van der Waals surface area (Å²) in [7, 11) is 0. The van der Waals surface area contributed by atoms with Gasteiger partial charge in [-0.25, -0.2) is 9.78 Å². The Bertz CT molecular complexity index is 1330. The van der Waals surface area contributed by atoms with Crippen LogP contribution in [0.25, 0.3) is 21.8 Å². The van der Waals surface area contributed by atoms with Gasteiger partial charge in [-0.3, -0.25) is 4.79 Å². The molecule has 35 heavy (non-hydrogen) atoms. The smallest absolute Gasteiger partial charge is 0.405 e. The van der Waals surface area contributed by atoms with E-state index < -0.39 is 18.0 Å². The topological polar surface area (TPSA) is 124 Å². The molecule has 0 bridgehead atoms. The van der Waals surface area contributed by atoms with E-state index in [1.54, 1.807) is 18.2 Å². The summed E-state index contributed by atoms with van der Waals surface area (Å²) in [6.45, 7) is 3.61. The molecular weight excluding hydrogens is 444 g/mol. The summed E-state index contributed by atoms with van der Waals surface area (Å²) in [5.74, 6) is -0.339. The molecule has 1 aromatic heterocycles. The summed E-state index contributed by atoms with van der Waals surface area (Å²) in [4.78, 5) is 28.8. The van der Waals surface area contributed by atoms with Crippen LogP contribution in [0.1, 0.15) is 25.8 Å². The summed E-state index contributed by atoms with van der Waals surface area (Å²) in [6, 6.07) is 20.0. The van der Waals surface area contributed by atoms with Gasteiger partial charge in [-0.05, 0) is 48.2 Å². The van der Waals surface area contributed by atoms with Crippen LogP contribution in [0, 0.1) is 5.92 Å². The van der Waals surface area contributed by atoms with Gasteiger partial charge < -0.3 is 26.2 Å². The number of benzene rings is 3. The summed E-state index contributed by atoms with van der Waals surface area (Å²) in [5, 5.41) is 29.4. The zero-order valence-corrected chi connectivity index (χ0v) is 19.6. The Kier molecular flexibility index (Phi) is 7.12. The van der Waals surface area contributed by atoms with Crippen LogP contribution in [0.2, 0.25) is 0 Å². The first-order valence-corrected chi connectivity index (χ1v) is 11.4. The van der Waals surface area contributed by atoms with Crippen LogP contribution in [-0.2, 0) is 11.4 Å². The molecule has 0 saturated heterocycles. The standard InChI is InChI=1S/C27H28N4O4/c1-16(2)11-24(31-27(34)35)26(33)29-19-13-17(15-32)12-18(14-19)28-25-20-7-3-5-9-22(20)30-23-10-6-4-8-21(23)25/h3-10,12-14,16,24,31-32H,11,15H2,1-2H3,(H,28,30)(H,29,33)(H,34,35). The van der Waals surface area contributed by atoms with Crippen LogP contribution < -0.4 is 16.0 Å². The van der Waals surface area contributed by atoms with E-state index >= 15 is 0 Å². The lowest BCUT2D eigenvalue weighted by Crippen LogP contribution is -2.44. The Morgan fingerprint density at radius 3 is 2.09 bits per heavy atom. The van der Waals surface area contributed by atoms with Gasteiger partial charge in [-0.1, -0.05) is 50.2 Å². The highest BCUT2D eigenvalue weighted by Crippen LogP contribution is 2.34. The van der Waals surface area contributed by atoms with Crippen molar-refractivity contribution in [3.05, 3.63) is 72.3 Å². The average molecular weight is 473 g/mol. The number of pyridine rings is 1. The molecule has 4 aromatic rings. The van der Waals surface area contributed by atoms with Crippen molar-refractivity contribution in [2.45, 2.75) is 32.9 Å². The molecule has 8 nitrogen and oxygen atoms in total. The highest BCUT2D eigenvalue weighted by molar-refractivity contribution is 6.08. The molecule has 3 aromatic carbocycles. The number of hydrogen-bond donors (Lipinski definition) is 5. The second-order valence-electron chi connectivity index (χ2n) is 8.84. The summed E-state index contributed by atoms with van der Waals surface area (Å²) in [6.07, 6.45) is -0.897. The minimum Gasteiger partial charge on any atom is -0.465 e. The monoisotopic (exact) mass is 472 g/mol. The number of para-hydroxylation sites is 2. The van der Waals surface area contributed by atoms with Crippen molar-refractivity contribution in [2.75, 3.05) is 10.6 Å². The number of aliphatic hydroxyl groups is 1. The minimum atomic E-state index is -1.26. The van der Waals surface area contributed by atoms with Gasteiger partial charge in [0.15, 0.2) is 0 Å². The predicted molar refractivity (Wildman–Crippen MR) is 138 cm³/mol. The number of amides is 2. The molecule has 0 radical (unpaired) electrons. The van der Waals surface area contributed by atoms with E-state index in [0.717, 1.165) is 27.5 Å². The normalized spacial score (nSPS) is 12.0. The number of aliphatic hydroxyl groups excluding tert-OH is 1. The molecule has 8 heteroatoms. The number of fused-ring (bicyclic) bond motifs is 2. The predicted octanol–water partition coefficient (Wildman–Crippen LogP) is 5.24. The maximum absolute atomic E-state index is 12.9. The molecule has 1 atom stereocenters. The van der Waals surface area contributed by atoms with Gasteiger partial charge in [0.05, 0.1) is 23.3 Å². The Labute approximate surface area is 203 Å². The summed E-state index contributed by atoms with van der Waals surface area (Å²) < 4.78 is 0. The molecule has 2 amide bonds. The second kappa shape index (κ2) is 10.4. The average Bonchev–Trinajstić information content (AvgIpc) is 2.82. The zero-order valence-electron chi connectivity index (χ0n) is 19.6. The van der Waals surface area contributed by atoms with Crippen molar-refractivity contribution in [1.82, 2.24) is 10.3 Å². The van der Waals surface area contributed by atoms with E-state index in [9.17, 15) is 14.7 Å². The van der Waals surface area contributed by atoms with Gasteiger partial charge in [0, 0.05) is 22.1 Å². The largest absolute Gasteiger partial charge is 0.465 e. The van der Waals surface area contributed by atoms with E-state index in [-0.39, 0.29) is 12.5 Å². The fourth-order valence-corrected chi connectivity index (χ4v) is 4.13. The lowest BCUT2D eigenvalue weighted by molar-refractivity contribution is -0.118. The number of carboxylic acid groups (broad SMARTS) is 1. The number of hydrogen-bond acceptors (Lipinski definition) is 5. The Hall–Kier alpha value is -4.17. The van der Waals surface area contributed by atoms with Gasteiger partial charge in [-0.15, -0.1) is 0 Å². The van der Waals surface area contributed by atoms with Crippen molar-refractivity contribution in [2.24, 2.45) is 5.92 Å². The third kappa shape index (κ3) is 5.67. The van der Waals surface area contributed by atoms with Gasteiger partial charge in [-0.2, -0.15) is 0 Å². The molecule has 4 rings (SSSR count). The molecule has 1 unspecified atom stereocenters. The van der Waals surface area contributed by atoms with Crippen molar-refractivity contribution in [3.8, 4) is 0 Å². The number of carbonyl (C=O) groups excluding carboxylic acids is 1. The molecule has 0 aliphatic carbocycles. The maximum Gasteiger partial charge on any atom is 0.405 e. The van der Waals surface area contributed by atoms with Crippen molar-refractivity contribution >= 4 is 50.9 Å². The minimum absolute atomic E-state index is 0.117. The van der Waals surface area contributed by atoms with E-state index in [4.69, 9.17) is 10.1 Å². The quantitative estimate of drug-likeness (QED) is 0.223. The molecule has 0 saturated carbocycles. The number of carbonyl (C=O) groups is 2. The number of aromatic nitrogens is 1. The second-order valence-corrected chi connectivity index (χ2v) is 8.84. The summed E-state index contributed by atoms with van der Waals surface area (Å²) in [5.41, 5.74) is 4.27. The first-order valence-electron chi connectivity index (χ1n) is 11.4. The molecular formula is C27H28N4O4. The lowest BCUT2D eigenvalue weighted by atomic mass is 10.0. The Balaban J connectivity index is 1.70. The van der Waals surface area contributed by atoms with E-state index in [2.05, 4.69) is 16.0 Å². The molecule has 5 N–H and O–H groups in total. The molecule has 180 valence electrons. The Morgan fingerprint density at radius 2 is 1.51 bits per heavy atom. The van der Waals surface area contributed by atoms with Gasteiger partial charge in [0.1, 0.15) is 6.04 Å². The van der Waals surface area contributed by atoms with Crippen LogP contribution in [-0.4, -0.2) is 33.2 Å². The van der Waals surface area contributed by atoms with E-state index in [1.807, 2.05) is 62.4 Å². The molecule has 0 aliphatic heterocycles. The molecule has 0 spiro atoms. The lowest BCUT2D eigenvalue weighted by Gasteiger charge is -2.19. The number of rotatable bonds is 8. The van der Waals surface area contributed by atoms with Crippen LogP contribution in [0.5, 0.6) is 0 Å². The maximum atomic E-state index is 12.9. The van der Waals surface area contributed by atoms with Crippen LogP contribution in [0.3, 0.4) is 0 Å². The highest BCUT2D eigenvalue weighted by Gasteiger charge is 2.22. The molecule has 1 heterocycles. The SMILES string of the molecule is CC(C)CC(NC(=O)O)C(=O)Nc1cc(CO)cc(Nc2c3ccccc3nc3ccccc23)c1. The first kappa shape index (κ1) is 24.0. The van der Waals surface area contributed by atoms with Gasteiger partial charge in [0.25, 0.3) is 0 Å². The third-order valence-corrected chi connectivity index (χ3v) is 5.62. The van der Waals surface area contributed by atoms with Crippen LogP contribution in [0.15, 0.2) is 66.7 Å². The third-order valence-electron chi connectivity index (χ3n) is 5.62. The van der Waals surface area contributed by atoms with Crippen molar-refractivity contribution in [1.29, 1.82) is 0 Å². The first-order chi connectivity index (χ1) is 16.8. The summed E-state index contributed by atoms with van der Waals surface area (Å²) >= 11 is 0. The fourth-order valence-electron chi connectivity index (χ4n) is 4.13. The van der Waals surface area contributed by atoms with Crippen molar-refractivity contribution < 1.29 is 19.8 Å². The molecule has 0 fully saturated rings. The van der Waals surface area contributed by atoms with Crippen LogP contribution >= 0.6 is 0 Å². The van der Waals surface area contributed by atoms with Gasteiger partial charge >= 0.3 is 6.09 Å². The zero-order chi connectivity index (χ0) is 24.9. The number of nitrogens with one attached hydrogen (secondary N) is 3. The van der Waals surface area contributed by atoms with E-state index in [1.165, 1.54) is 0 Å². The van der Waals surface area contributed by atoms with E-state index in [0.29, 0.717) is 23.4 Å². The van der Waals surface area contributed by atoms with Crippen molar-refractivity contribution in [3.63, 3.8) is 0 Å². The number of nitrogens with zero attached hydrogens (tertiary/aromatic N) is 1. The van der Waals surface area contributed by atoms with Crippen LogP contribution in [0.4, 0.5) is 21.9 Å². The molecule has 0 aliphatic rings. The number of anilines is 3. The van der Waals surface area contributed by atoms with Gasteiger partial charge in [0.2, 0.25) is 5.91 Å². The fraction of sp³-hybridized carbons (Fsp3) is 0.222. The Morgan fingerprint density at radius 1 is 0.914 bits per heavy atom.